The number of fused-ring (bicyclic) bond motifs is 1. The Balaban J connectivity index is 1.72. The average molecular weight is 445 g/mol. The zero-order chi connectivity index (χ0) is 37.8. The molecule has 0 bridgehead atoms. The van der Waals surface area contributed by atoms with E-state index in [1.54, 1.807) is 0 Å². The van der Waals surface area contributed by atoms with Crippen molar-refractivity contribution in [1.82, 2.24) is 4.90 Å². The number of carbonyl (C=O) groups excluding carboxylic acids is 1. The molecule has 1 saturated heterocycles. The van der Waals surface area contributed by atoms with Crippen LogP contribution in [-0.2, 0) is 23.0 Å². The molecule has 0 aromatic heterocycles. The van der Waals surface area contributed by atoms with Gasteiger partial charge in [-0.25, -0.2) is 0 Å². The summed E-state index contributed by atoms with van der Waals surface area (Å²) in [5.41, 5.74) is 0.932. The Morgan fingerprint density at radius 1 is 1.16 bits per heavy atom. The van der Waals surface area contributed by atoms with Crippen LogP contribution in [0, 0.1) is 5.92 Å². The fraction of sp³-hybridized carbons (Fsp3) is 0.321. The van der Waals surface area contributed by atoms with Crippen molar-refractivity contribution in [2.24, 2.45) is 11.7 Å². The van der Waals surface area contributed by atoms with Gasteiger partial charge in [0.05, 0.1) is 23.0 Å². The second kappa shape index (κ2) is 8.79. The van der Waals surface area contributed by atoms with E-state index in [0.717, 1.165) is 23.1 Å². The maximum absolute atomic E-state index is 13.9. The second-order valence-electron chi connectivity index (χ2n) is 7.38. The highest BCUT2D eigenvalue weighted by Crippen LogP contribution is 2.43. The lowest BCUT2D eigenvalue weighted by atomic mass is 9.64. The van der Waals surface area contributed by atoms with E-state index in [4.69, 9.17) is 35.1 Å². The van der Waals surface area contributed by atoms with Crippen LogP contribution in [0.3, 0.4) is 0 Å². The average Bonchev–Trinajstić information content (AvgIpc) is 3.61. The normalized spacial score (nSPS) is 30.4. The molecule has 164 valence electrons. The molecule has 0 saturated carbocycles. The second-order valence-corrected chi connectivity index (χ2v) is 7.38. The Morgan fingerprint density at radius 3 is 2.50 bits per heavy atom. The van der Waals surface area contributed by atoms with Crippen LogP contribution in [0.25, 0.3) is 0 Å². The molecule has 1 fully saturated rings. The third-order valence-corrected chi connectivity index (χ3v) is 5.66. The molecule has 2 aliphatic heterocycles. The van der Waals surface area contributed by atoms with Crippen LogP contribution in [0.4, 0.5) is 0 Å². The van der Waals surface area contributed by atoms with Crippen LogP contribution >= 0.6 is 0 Å². The fourth-order valence-electron chi connectivity index (χ4n) is 4.16. The number of nitrogens with two attached hydrogens (primary N) is 1. The standard InChI is InChI=1S/C28H30N2O2/c29-27(31)28(23-7-3-1-4-8-23,24-9-5-2-6-10-24)25-14-17-30(20-25)16-13-21-11-12-26-22(19-21)15-18-32-26/h1-12,19,25H,13-18,20H2,(H2,29,31)/t25-/m1/s1/i1D,2D,3D,4D,5D,6D,7D,8D,9D,10D,13D2,15D2,16D2,18D2. The molecular formula is C28H30N2O2. The summed E-state index contributed by atoms with van der Waals surface area (Å²) in [5, 5.41) is 0. The van der Waals surface area contributed by atoms with Crippen LogP contribution < -0.4 is 10.5 Å². The Morgan fingerprint density at radius 2 is 1.84 bits per heavy atom. The minimum atomic E-state index is -3.01. The highest BCUT2D eigenvalue weighted by Gasteiger charge is 2.49. The minimum absolute atomic E-state index is 0.204. The monoisotopic (exact) mass is 444 g/mol. The highest BCUT2D eigenvalue weighted by molar-refractivity contribution is 5.91. The van der Waals surface area contributed by atoms with E-state index >= 15 is 0 Å². The van der Waals surface area contributed by atoms with E-state index in [1.165, 1.54) is 0 Å². The third kappa shape index (κ3) is 3.69. The number of amides is 1. The van der Waals surface area contributed by atoms with Gasteiger partial charge in [-0.3, -0.25) is 4.79 Å². The van der Waals surface area contributed by atoms with Gasteiger partial charge in [0.15, 0.2) is 0 Å². The van der Waals surface area contributed by atoms with Crippen molar-refractivity contribution in [3.05, 3.63) is 101 Å². The number of carbonyl (C=O) groups is 1. The predicted molar refractivity (Wildman–Crippen MR) is 127 cm³/mol. The van der Waals surface area contributed by atoms with Crippen molar-refractivity contribution in [2.45, 2.75) is 24.6 Å². The van der Waals surface area contributed by atoms with Crippen molar-refractivity contribution in [3.8, 4) is 5.75 Å². The maximum Gasteiger partial charge on any atom is 0.232 e. The number of aryl methyl sites for hydroxylation is 2. The molecule has 2 aliphatic rings. The molecule has 32 heavy (non-hydrogen) atoms. The molecule has 0 aliphatic carbocycles. The van der Waals surface area contributed by atoms with Crippen LogP contribution in [0.2, 0.25) is 0 Å². The highest BCUT2D eigenvalue weighted by atomic mass is 16.5. The molecule has 2 N–H and O–H groups in total. The molecule has 2 heterocycles. The number of ether oxygens (including phenoxy) is 1. The smallest absolute Gasteiger partial charge is 0.232 e. The van der Waals surface area contributed by atoms with Gasteiger partial charge >= 0.3 is 0 Å². The summed E-state index contributed by atoms with van der Waals surface area (Å²) < 4.78 is 157. The quantitative estimate of drug-likeness (QED) is 0.600. The van der Waals surface area contributed by atoms with Crippen LogP contribution in [-0.4, -0.2) is 37.0 Å². The lowest BCUT2D eigenvalue weighted by Gasteiger charge is -2.37. The summed E-state index contributed by atoms with van der Waals surface area (Å²) in [7, 11) is 0. The molecule has 4 heteroatoms. The van der Waals surface area contributed by atoms with Crippen LogP contribution in [0.15, 0.2) is 78.6 Å². The van der Waals surface area contributed by atoms with E-state index in [0.29, 0.717) is 0 Å². The molecule has 0 radical (unpaired) electrons. The van der Waals surface area contributed by atoms with Crippen molar-refractivity contribution in [2.75, 3.05) is 26.1 Å². The summed E-state index contributed by atoms with van der Waals surface area (Å²) in [6, 6.07) is -5.97. The van der Waals surface area contributed by atoms with Gasteiger partial charge in [0, 0.05) is 27.6 Å². The van der Waals surface area contributed by atoms with Gasteiger partial charge in [0.1, 0.15) is 11.2 Å². The number of primary amides is 1. The summed E-state index contributed by atoms with van der Waals surface area (Å²) in [6.45, 7) is -6.81. The van der Waals surface area contributed by atoms with Gasteiger partial charge in [-0.1, -0.05) is 72.6 Å². The SMILES string of the molecule is [2H]c1c([2H])c([2H])c(C(C(N)=O)(c2c([2H])c([2H])c([2H])c([2H])c2[2H])[C@@H]2CCN(C([2H])([2H])C([2H])([2H])c3ccc4c(c3)C([2H])([2H])C([2H])([2H])O4)C2)c([2H])c1[2H]. The van der Waals surface area contributed by atoms with Crippen molar-refractivity contribution >= 4 is 5.91 Å². The number of likely N-dealkylation sites (tertiary alicyclic amines) is 1. The van der Waals surface area contributed by atoms with Crippen LogP contribution in [0.5, 0.6) is 5.75 Å². The first-order valence-corrected chi connectivity index (χ1v) is 9.85. The van der Waals surface area contributed by atoms with Crippen molar-refractivity contribution < 1.29 is 34.2 Å². The predicted octanol–water partition coefficient (Wildman–Crippen LogP) is 3.96. The van der Waals surface area contributed by atoms with E-state index in [-0.39, 0.29) is 24.3 Å². The Labute approximate surface area is 215 Å². The topological polar surface area (TPSA) is 55.6 Å². The lowest BCUT2D eigenvalue weighted by molar-refractivity contribution is -0.123. The largest absolute Gasteiger partial charge is 0.493 e. The fourth-order valence-corrected chi connectivity index (χ4v) is 4.16. The summed E-state index contributed by atoms with van der Waals surface area (Å²) in [4.78, 5) is 14.9. The number of hydrogen-bond acceptors (Lipinski definition) is 3. The first-order chi connectivity index (χ1) is 22.8. The molecule has 4 nitrogen and oxygen atoms in total. The van der Waals surface area contributed by atoms with Gasteiger partial charge < -0.3 is 15.4 Å². The van der Waals surface area contributed by atoms with Crippen LogP contribution in [0.1, 0.15) is 53.3 Å². The Kier molecular flexibility index (Phi) is 2.38. The number of nitrogens with zero attached hydrogens (tertiary/aromatic N) is 1. The van der Waals surface area contributed by atoms with Gasteiger partial charge in [-0.05, 0) is 53.6 Å². The molecule has 0 spiro atoms. The molecular weight excluding hydrogens is 396 g/mol. The number of hydrogen-bond donors (Lipinski definition) is 1. The molecule has 3 aromatic carbocycles. The van der Waals surface area contributed by atoms with E-state index in [2.05, 4.69) is 0 Å². The van der Waals surface area contributed by atoms with Gasteiger partial charge in [-0.2, -0.15) is 0 Å². The lowest BCUT2D eigenvalue weighted by Crippen LogP contribution is -2.49. The Hall–Kier alpha value is -3.11. The zero-order valence-corrected chi connectivity index (χ0v) is 16.8. The first-order valence-electron chi connectivity index (χ1n) is 18.9. The van der Waals surface area contributed by atoms with E-state index in [9.17, 15) is 4.79 Å². The molecule has 0 unspecified atom stereocenters. The maximum atomic E-state index is 13.9. The molecule has 5 rings (SSSR count). The number of rotatable bonds is 7. The molecule has 3 aromatic rings. The summed E-state index contributed by atoms with van der Waals surface area (Å²) >= 11 is 0. The van der Waals surface area contributed by atoms with E-state index in [1.807, 2.05) is 0 Å². The first kappa shape index (κ1) is 8.68. The number of benzene rings is 3. The zero-order valence-electron chi connectivity index (χ0n) is 34.8. The van der Waals surface area contributed by atoms with E-state index < -0.39 is 127 Å². The third-order valence-electron chi connectivity index (χ3n) is 5.66. The van der Waals surface area contributed by atoms with Crippen molar-refractivity contribution in [3.63, 3.8) is 0 Å². The van der Waals surface area contributed by atoms with Gasteiger partial charge in [0.2, 0.25) is 5.91 Å². The molecule has 1 atom stereocenters. The summed E-state index contributed by atoms with van der Waals surface area (Å²) in [5.74, 6) is -3.11. The Bertz CT molecular complexity index is 1820. The van der Waals surface area contributed by atoms with Gasteiger partial charge in [0.25, 0.3) is 0 Å². The van der Waals surface area contributed by atoms with Crippen molar-refractivity contribution in [1.29, 1.82) is 0 Å². The summed E-state index contributed by atoms with van der Waals surface area (Å²) in [6.07, 6.45) is -6.01. The minimum Gasteiger partial charge on any atom is -0.493 e. The van der Waals surface area contributed by atoms with Gasteiger partial charge in [-0.15, -0.1) is 0 Å². The molecule has 1 amide bonds.